The highest BCUT2D eigenvalue weighted by molar-refractivity contribution is 5.70. The van der Waals surface area contributed by atoms with Gasteiger partial charge in [0.15, 0.2) is 0 Å². The van der Waals surface area contributed by atoms with E-state index in [2.05, 4.69) is 4.90 Å². The lowest BCUT2D eigenvalue weighted by atomic mass is 10.1. The van der Waals surface area contributed by atoms with Crippen molar-refractivity contribution < 1.29 is 9.53 Å². The number of nitrogens with zero attached hydrogens (tertiary/aromatic N) is 2. The molecule has 0 aliphatic carbocycles. The molecule has 0 bridgehead atoms. The number of carbonyl (C=O) groups is 1. The molecule has 0 atom stereocenters. The van der Waals surface area contributed by atoms with Crippen LogP contribution in [0.15, 0.2) is 30.3 Å². The number of ether oxygens (including phenoxy) is 1. The highest BCUT2D eigenvalue weighted by atomic mass is 16.6. The first-order chi connectivity index (χ1) is 9.25. The van der Waals surface area contributed by atoms with Crippen LogP contribution in [0.4, 0.5) is 4.79 Å². The SMILES string of the molecule is CN(CCN1CCCCC1)C(=O)Oc1ccccc1. The molecule has 1 aromatic carbocycles. The molecule has 1 amide bonds. The van der Waals surface area contributed by atoms with E-state index in [1.54, 1.807) is 24.1 Å². The van der Waals surface area contributed by atoms with Gasteiger partial charge in [0.05, 0.1) is 0 Å². The molecule has 4 heteroatoms. The van der Waals surface area contributed by atoms with Crippen molar-refractivity contribution in [3.05, 3.63) is 30.3 Å². The second kappa shape index (κ2) is 7.14. The number of para-hydroxylation sites is 1. The van der Waals surface area contributed by atoms with E-state index >= 15 is 0 Å². The maximum absolute atomic E-state index is 11.9. The van der Waals surface area contributed by atoms with E-state index in [0.29, 0.717) is 12.3 Å². The Labute approximate surface area is 115 Å². The third-order valence-electron chi connectivity index (χ3n) is 3.46. The summed E-state index contributed by atoms with van der Waals surface area (Å²) in [4.78, 5) is 15.9. The third-order valence-corrected chi connectivity index (χ3v) is 3.46. The van der Waals surface area contributed by atoms with Crippen molar-refractivity contribution in [2.75, 3.05) is 33.2 Å². The van der Waals surface area contributed by atoms with Gasteiger partial charge in [0.25, 0.3) is 0 Å². The lowest BCUT2D eigenvalue weighted by Gasteiger charge is -2.28. The smallest absolute Gasteiger partial charge is 0.410 e. The van der Waals surface area contributed by atoms with E-state index in [1.807, 2.05) is 18.2 Å². The maximum Gasteiger partial charge on any atom is 0.415 e. The van der Waals surface area contributed by atoms with E-state index in [1.165, 1.54) is 19.3 Å². The van der Waals surface area contributed by atoms with E-state index in [0.717, 1.165) is 19.6 Å². The first-order valence-corrected chi connectivity index (χ1v) is 6.96. The lowest BCUT2D eigenvalue weighted by molar-refractivity contribution is 0.150. The highest BCUT2D eigenvalue weighted by Crippen LogP contribution is 2.10. The van der Waals surface area contributed by atoms with Crippen LogP contribution in [0.25, 0.3) is 0 Å². The molecular weight excluding hydrogens is 240 g/mol. The molecule has 0 radical (unpaired) electrons. The second-order valence-corrected chi connectivity index (χ2v) is 5.00. The highest BCUT2D eigenvalue weighted by Gasteiger charge is 2.14. The predicted octanol–water partition coefficient (Wildman–Crippen LogP) is 2.60. The molecule has 1 aromatic rings. The monoisotopic (exact) mass is 262 g/mol. The summed E-state index contributed by atoms with van der Waals surface area (Å²) in [6.07, 6.45) is 3.60. The summed E-state index contributed by atoms with van der Waals surface area (Å²) in [5, 5.41) is 0. The van der Waals surface area contributed by atoms with Gasteiger partial charge < -0.3 is 14.5 Å². The Hall–Kier alpha value is -1.55. The summed E-state index contributed by atoms with van der Waals surface area (Å²) in [6.45, 7) is 3.95. The topological polar surface area (TPSA) is 32.8 Å². The van der Waals surface area contributed by atoms with Crippen molar-refractivity contribution in [1.29, 1.82) is 0 Å². The molecule has 4 nitrogen and oxygen atoms in total. The zero-order valence-electron chi connectivity index (χ0n) is 11.5. The van der Waals surface area contributed by atoms with Gasteiger partial charge in [0.1, 0.15) is 5.75 Å². The largest absolute Gasteiger partial charge is 0.415 e. The van der Waals surface area contributed by atoms with E-state index in [9.17, 15) is 4.79 Å². The van der Waals surface area contributed by atoms with Crippen LogP contribution in [0.5, 0.6) is 5.75 Å². The van der Waals surface area contributed by atoms with E-state index in [-0.39, 0.29) is 6.09 Å². The van der Waals surface area contributed by atoms with Crippen LogP contribution >= 0.6 is 0 Å². The molecule has 0 spiro atoms. The predicted molar refractivity (Wildman–Crippen MR) is 75.4 cm³/mol. The number of likely N-dealkylation sites (tertiary alicyclic amines) is 1. The minimum Gasteiger partial charge on any atom is -0.410 e. The van der Waals surface area contributed by atoms with Crippen molar-refractivity contribution in [2.45, 2.75) is 19.3 Å². The van der Waals surface area contributed by atoms with Gasteiger partial charge in [-0.1, -0.05) is 24.6 Å². The molecule has 0 N–H and O–H groups in total. The number of benzene rings is 1. The third kappa shape index (κ3) is 4.56. The molecule has 1 heterocycles. The Kier molecular flexibility index (Phi) is 5.21. The fourth-order valence-electron chi connectivity index (χ4n) is 2.23. The van der Waals surface area contributed by atoms with Gasteiger partial charge in [-0.25, -0.2) is 4.79 Å². The van der Waals surface area contributed by atoms with Crippen LogP contribution in [-0.4, -0.2) is 49.1 Å². The summed E-state index contributed by atoms with van der Waals surface area (Å²) >= 11 is 0. The van der Waals surface area contributed by atoms with Crippen LogP contribution in [0, 0.1) is 0 Å². The summed E-state index contributed by atoms with van der Waals surface area (Å²) in [5.41, 5.74) is 0. The number of rotatable bonds is 4. The number of hydrogen-bond acceptors (Lipinski definition) is 3. The van der Waals surface area contributed by atoms with E-state index in [4.69, 9.17) is 4.74 Å². The molecule has 1 fully saturated rings. The number of likely N-dealkylation sites (N-methyl/N-ethyl adjacent to an activating group) is 1. The fourth-order valence-corrected chi connectivity index (χ4v) is 2.23. The van der Waals surface area contributed by atoms with E-state index < -0.39 is 0 Å². The number of amides is 1. The Morgan fingerprint density at radius 1 is 1.21 bits per heavy atom. The lowest BCUT2D eigenvalue weighted by Crippen LogP contribution is -2.39. The fraction of sp³-hybridized carbons (Fsp3) is 0.533. The Bertz CT molecular complexity index is 388. The zero-order valence-corrected chi connectivity index (χ0v) is 11.5. The Morgan fingerprint density at radius 3 is 2.58 bits per heavy atom. The molecule has 104 valence electrons. The molecule has 19 heavy (non-hydrogen) atoms. The standard InChI is InChI=1S/C15H22N2O2/c1-16(12-13-17-10-6-3-7-11-17)15(18)19-14-8-4-2-5-9-14/h2,4-5,8-9H,3,6-7,10-13H2,1H3. The molecule has 0 saturated carbocycles. The van der Waals surface area contributed by atoms with Gasteiger partial charge in [-0.15, -0.1) is 0 Å². The second-order valence-electron chi connectivity index (χ2n) is 5.00. The summed E-state index contributed by atoms with van der Waals surface area (Å²) in [6, 6.07) is 9.19. The summed E-state index contributed by atoms with van der Waals surface area (Å²) < 4.78 is 5.28. The van der Waals surface area contributed by atoms with Crippen molar-refractivity contribution >= 4 is 6.09 Å². The first-order valence-electron chi connectivity index (χ1n) is 6.96. The van der Waals surface area contributed by atoms with Crippen LogP contribution in [0.2, 0.25) is 0 Å². The Balaban J connectivity index is 1.73. The maximum atomic E-state index is 11.9. The van der Waals surface area contributed by atoms with Crippen molar-refractivity contribution in [3.8, 4) is 5.75 Å². The van der Waals surface area contributed by atoms with Crippen LogP contribution < -0.4 is 4.74 Å². The first kappa shape index (κ1) is 13.9. The Morgan fingerprint density at radius 2 is 1.89 bits per heavy atom. The molecule has 0 aromatic heterocycles. The van der Waals surface area contributed by atoms with Gasteiger partial charge in [0, 0.05) is 20.1 Å². The van der Waals surface area contributed by atoms with Crippen LogP contribution in [0.3, 0.4) is 0 Å². The zero-order chi connectivity index (χ0) is 13.5. The molecule has 0 unspecified atom stereocenters. The molecule has 1 saturated heterocycles. The number of hydrogen-bond donors (Lipinski definition) is 0. The van der Waals surface area contributed by atoms with Gasteiger partial charge in [0.2, 0.25) is 0 Å². The van der Waals surface area contributed by atoms with Gasteiger partial charge >= 0.3 is 6.09 Å². The number of carbonyl (C=O) groups excluding carboxylic acids is 1. The van der Waals surface area contributed by atoms with Crippen molar-refractivity contribution in [3.63, 3.8) is 0 Å². The number of piperidine rings is 1. The molecule has 2 rings (SSSR count). The van der Waals surface area contributed by atoms with Crippen LogP contribution in [-0.2, 0) is 0 Å². The summed E-state index contributed by atoms with van der Waals surface area (Å²) in [7, 11) is 1.79. The quantitative estimate of drug-likeness (QED) is 0.836. The van der Waals surface area contributed by atoms with Crippen molar-refractivity contribution in [2.24, 2.45) is 0 Å². The molecule has 1 aliphatic rings. The average Bonchev–Trinajstić information content (AvgIpc) is 2.47. The summed E-state index contributed by atoms with van der Waals surface area (Å²) in [5.74, 6) is 0.595. The van der Waals surface area contributed by atoms with Gasteiger partial charge in [-0.2, -0.15) is 0 Å². The molecule has 1 aliphatic heterocycles. The minimum atomic E-state index is -0.289. The normalized spacial score (nSPS) is 16.1. The van der Waals surface area contributed by atoms with Gasteiger partial charge in [-0.3, -0.25) is 0 Å². The van der Waals surface area contributed by atoms with Crippen LogP contribution in [0.1, 0.15) is 19.3 Å². The van der Waals surface area contributed by atoms with Crippen molar-refractivity contribution in [1.82, 2.24) is 9.80 Å². The van der Waals surface area contributed by atoms with Gasteiger partial charge in [-0.05, 0) is 38.1 Å². The average molecular weight is 262 g/mol. The molecular formula is C15H22N2O2. The minimum absolute atomic E-state index is 0.289.